The summed E-state index contributed by atoms with van der Waals surface area (Å²) in [5.41, 5.74) is 3.86. The van der Waals surface area contributed by atoms with Crippen LogP contribution in [0.1, 0.15) is 35.1 Å². The molecule has 2 aromatic carbocycles. The van der Waals surface area contributed by atoms with Crippen LogP contribution in [0.15, 0.2) is 48.5 Å². The first-order valence-electron chi connectivity index (χ1n) is 7.58. The topological polar surface area (TPSA) is 63.6 Å². The van der Waals surface area contributed by atoms with Crippen molar-refractivity contribution >= 4 is 11.9 Å². The van der Waals surface area contributed by atoms with E-state index in [0.717, 1.165) is 16.7 Å². The van der Waals surface area contributed by atoms with Crippen LogP contribution in [-0.4, -0.2) is 17.0 Å². The quantitative estimate of drug-likeness (QED) is 0.677. The molecule has 0 spiro atoms. The van der Waals surface area contributed by atoms with Crippen molar-refractivity contribution < 1.29 is 19.4 Å². The summed E-state index contributed by atoms with van der Waals surface area (Å²) in [7, 11) is 0. The fourth-order valence-corrected chi connectivity index (χ4v) is 1.91. The molecule has 24 heavy (non-hydrogen) atoms. The second-order valence-electron chi connectivity index (χ2n) is 5.37. The SMILES string of the molecule is Cc1ccc(C#Cc2ccc(COC(=O)CCC(=O)O)cc2)cc1. The summed E-state index contributed by atoms with van der Waals surface area (Å²) in [5, 5.41) is 8.50. The minimum Gasteiger partial charge on any atom is -0.481 e. The maximum Gasteiger partial charge on any atom is 0.306 e. The highest BCUT2D eigenvalue weighted by atomic mass is 16.5. The summed E-state index contributed by atoms with van der Waals surface area (Å²) in [6.45, 7) is 2.16. The van der Waals surface area contributed by atoms with Gasteiger partial charge in [-0.15, -0.1) is 0 Å². The molecule has 0 saturated heterocycles. The van der Waals surface area contributed by atoms with Gasteiger partial charge in [0.2, 0.25) is 0 Å². The average molecular weight is 322 g/mol. The standard InChI is InChI=1S/C20H18O4/c1-15-2-4-16(5-3-15)6-7-17-8-10-18(11-9-17)14-24-20(23)13-12-19(21)22/h2-5,8-11H,12-14H2,1H3,(H,21,22). The van der Waals surface area contributed by atoms with E-state index in [1.807, 2.05) is 55.5 Å². The van der Waals surface area contributed by atoms with Gasteiger partial charge in [0.05, 0.1) is 12.8 Å². The van der Waals surface area contributed by atoms with Crippen molar-refractivity contribution in [1.29, 1.82) is 0 Å². The molecule has 0 heterocycles. The lowest BCUT2D eigenvalue weighted by Gasteiger charge is -2.04. The van der Waals surface area contributed by atoms with Crippen LogP contribution in [0.2, 0.25) is 0 Å². The lowest BCUT2D eigenvalue weighted by molar-refractivity contribution is -0.148. The number of carboxylic acids is 1. The summed E-state index contributed by atoms with van der Waals surface area (Å²) >= 11 is 0. The zero-order valence-corrected chi connectivity index (χ0v) is 13.4. The molecule has 0 unspecified atom stereocenters. The number of rotatable bonds is 5. The first kappa shape index (κ1) is 17.3. The second kappa shape index (κ2) is 8.54. The monoisotopic (exact) mass is 322 g/mol. The van der Waals surface area contributed by atoms with Crippen LogP contribution in [0.4, 0.5) is 0 Å². The molecule has 1 N–H and O–H groups in total. The van der Waals surface area contributed by atoms with E-state index in [9.17, 15) is 9.59 Å². The number of carboxylic acid groups (broad SMARTS) is 1. The van der Waals surface area contributed by atoms with E-state index in [4.69, 9.17) is 9.84 Å². The zero-order chi connectivity index (χ0) is 17.4. The molecule has 122 valence electrons. The maximum absolute atomic E-state index is 11.4. The molecule has 0 saturated carbocycles. The Kier molecular flexibility index (Phi) is 6.16. The van der Waals surface area contributed by atoms with Crippen LogP contribution >= 0.6 is 0 Å². The molecule has 0 radical (unpaired) electrons. The van der Waals surface area contributed by atoms with Crippen LogP contribution in [0.25, 0.3) is 0 Å². The van der Waals surface area contributed by atoms with Crippen LogP contribution < -0.4 is 0 Å². The van der Waals surface area contributed by atoms with Crippen molar-refractivity contribution in [3.63, 3.8) is 0 Å². The number of aliphatic carboxylic acids is 1. The van der Waals surface area contributed by atoms with Crippen molar-refractivity contribution in [2.24, 2.45) is 0 Å². The van der Waals surface area contributed by atoms with E-state index >= 15 is 0 Å². The Morgan fingerprint density at radius 3 is 2.00 bits per heavy atom. The molecule has 0 aliphatic heterocycles. The molecule has 0 bridgehead atoms. The van der Waals surface area contributed by atoms with E-state index in [0.29, 0.717) is 0 Å². The molecule has 0 fully saturated rings. The summed E-state index contributed by atoms with van der Waals surface area (Å²) < 4.78 is 5.02. The Morgan fingerprint density at radius 2 is 1.46 bits per heavy atom. The van der Waals surface area contributed by atoms with Gasteiger partial charge in [-0.3, -0.25) is 9.59 Å². The minimum atomic E-state index is -1.01. The fraction of sp³-hybridized carbons (Fsp3) is 0.200. The zero-order valence-electron chi connectivity index (χ0n) is 13.4. The van der Waals surface area contributed by atoms with E-state index in [1.165, 1.54) is 5.56 Å². The Hall–Kier alpha value is -3.06. The van der Waals surface area contributed by atoms with Gasteiger partial charge in [-0.1, -0.05) is 41.7 Å². The Morgan fingerprint density at radius 1 is 0.917 bits per heavy atom. The lowest BCUT2D eigenvalue weighted by atomic mass is 10.1. The molecular formula is C20H18O4. The number of benzene rings is 2. The van der Waals surface area contributed by atoms with E-state index in [-0.39, 0.29) is 19.4 Å². The van der Waals surface area contributed by atoms with Crippen molar-refractivity contribution in [3.05, 3.63) is 70.8 Å². The number of carbonyl (C=O) groups is 2. The third kappa shape index (κ3) is 5.98. The van der Waals surface area contributed by atoms with Gasteiger partial charge in [-0.25, -0.2) is 0 Å². The molecular weight excluding hydrogens is 304 g/mol. The predicted octanol–water partition coefficient (Wildman–Crippen LogP) is 3.30. The first-order chi connectivity index (χ1) is 11.5. The lowest BCUT2D eigenvalue weighted by Crippen LogP contribution is -2.07. The molecule has 0 amide bonds. The molecule has 4 heteroatoms. The van der Waals surface area contributed by atoms with Gasteiger partial charge in [0.1, 0.15) is 6.61 Å². The number of hydrogen-bond donors (Lipinski definition) is 1. The molecule has 4 nitrogen and oxygen atoms in total. The third-order valence-corrected chi connectivity index (χ3v) is 3.30. The highest BCUT2D eigenvalue weighted by Crippen LogP contribution is 2.07. The molecule has 2 aromatic rings. The number of hydrogen-bond acceptors (Lipinski definition) is 3. The molecule has 2 rings (SSSR count). The molecule has 0 aliphatic carbocycles. The highest BCUT2D eigenvalue weighted by molar-refractivity contribution is 5.76. The summed E-state index contributed by atoms with van der Waals surface area (Å²) in [5.74, 6) is 4.65. The normalized spacial score (nSPS) is 9.71. The summed E-state index contributed by atoms with van der Waals surface area (Å²) in [6.07, 6.45) is -0.332. The van der Waals surface area contributed by atoms with Crippen molar-refractivity contribution in [2.75, 3.05) is 0 Å². The molecule has 0 aromatic heterocycles. The highest BCUT2D eigenvalue weighted by Gasteiger charge is 2.06. The van der Waals surface area contributed by atoms with Crippen LogP contribution in [-0.2, 0) is 20.9 Å². The van der Waals surface area contributed by atoms with Gasteiger partial charge in [0.15, 0.2) is 0 Å². The average Bonchev–Trinajstić information content (AvgIpc) is 2.58. The smallest absolute Gasteiger partial charge is 0.306 e. The van der Waals surface area contributed by atoms with Crippen molar-refractivity contribution in [3.8, 4) is 11.8 Å². The Bertz CT molecular complexity index is 762. The van der Waals surface area contributed by atoms with Gasteiger partial charge in [0.25, 0.3) is 0 Å². The summed E-state index contributed by atoms with van der Waals surface area (Å²) in [4.78, 5) is 21.7. The van der Waals surface area contributed by atoms with E-state index < -0.39 is 11.9 Å². The van der Waals surface area contributed by atoms with E-state index in [2.05, 4.69) is 11.8 Å². The third-order valence-electron chi connectivity index (χ3n) is 3.30. The molecule has 0 aliphatic rings. The van der Waals surface area contributed by atoms with Gasteiger partial charge < -0.3 is 9.84 Å². The minimum absolute atomic E-state index is 0.116. The van der Waals surface area contributed by atoms with Crippen molar-refractivity contribution in [2.45, 2.75) is 26.4 Å². The predicted molar refractivity (Wildman–Crippen MR) is 90.3 cm³/mol. The van der Waals surface area contributed by atoms with Crippen LogP contribution in [0.3, 0.4) is 0 Å². The largest absolute Gasteiger partial charge is 0.481 e. The Labute approximate surface area is 141 Å². The van der Waals surface area contributed by atoms with Crippen LogP contribution in [0, 0.1) is 18.8 Å². The fourth-order valence-electron chi connectivity index (χ4n) is 1.91. The maximum atomic E-state index is 11.4. The van der Waals surface area contributed by atoms with Crippen molar-refractivity contribution in [1.82, 2.24) is 0 Å². The van der Waals surface area contributed by atoms with Gasteiger partial charge in [-0.05, 0) is 36.8 Å². The number of carbonyl (C=O) groups excluding carboxylic acids is 1. The van der Waals surface area contributed by atoms with Gasteiger partial charge >= 0.3 is 11.9 Å². The second-order valence-corrected chi connectivity index (χ2v) is 5.37. The van der Waals surface area contributed by atoms with Gasteiger partial charge in [0, 0.05) is 11.1 Å². The first-order valence-corrected chi connectivity index (χ1v) is 7.58. The number of ether oxygens (including phenoxy) is 1. The Balaban J connectivity index is 1.88. The molecule has 0 atom stereocenters. The van der Waals surface area contributed by atoms with Gasteiger partial charge in [-0.2, -0.15) is 0 Å². The van der Waals surface area contributed by atoms with Crippen LogP contribution in [0.5, 0.6) is 0 Å². The summed E-state index contributed by atoms with van der Waals surface area (Å²) in [6, 6.07) is 15.4. The van der Waals surface area contributed by atoms with E-state index in [1.54, 1.807) is 0 Å². The number of esters is 1. The number of aryl methyl sites for hydroxylation is 1.